The van der Waals surface area contributed by atoms with Gasteiger partial charge in [-0.1, -0.05) is 12.2 Å². The SMILES string of the molecule is C=C(C)C(NN)c1ccc(OC)c(OC)c1OC. The molecule has 1 unspecified atom stereocenters. The Kier molecular flexibility index (Phi) is 5.00. The van der Waals surface area contributed by atoms with Crippen molar-refractivity contribution in [2.45, 2.75) is 13.0 Å². The highest BCUT2D eigenvalue weighted by atomic mass is 16.5. The summed E-state index contributed by atoms with van der Waals surface area (Å²) >= 11 is 0. The average Bonchev–Trinajstić information content (AvgIpc) is 2.38. The molecule has 0 aromatic heterocycles. The van der Waals surface area contributed by atoms with Gasteiger partial charge >= 0.3 is 0 Å². The number of ether oxygens (including phenoxy) is 3. The minimum Gasteiger partial charge on any atom is -0.493 e. The van der Waals surface area contributed by atoms with Gasteiger partial charge in [-0.25, -0.2) is 5.43 Å². The van der Waals surface area contributed by atoms with E-state index < -0.39 is 0 Å². The average molecular weight is 252 g/mol. The van der Waals surface area contributed by atoms with E-state index >= 15 is 0 Å². The van der Waals surface area contributed by atoms with Gasteiger partial charge in [0.05, 0.1) is 27.4 Å². The predicted octanol–water partition coefficient (Wildman–Crippen LogP) is 1.79. The topological polar surface area (TPSA) is 65.7 Å². The van der Waals surface area contributed by atoms with Crippen molar-refractivity contribution in [2.24, 2.45) is 5.84 Å². The molecule has 0 aliphatic carbocycles. The lowest BCUT2D eigenvalue weighted by Gasteiger charge is -2.22. The molecule has 0 heterocycles. The Morgan fingerprint density at radius 2 is 1.78 bits per heavy atom. The molecule has 3 N–H and O–H groups in total. The van der Waals surface area contributed by atoms with E-state index in [2.05, 4.69) is 12.0 Å². The second-order valence-electron chi connectivity index (χ2n) is 3.87. The van der Waals surface area contributed by atoms with Crippen molar-refractivity contribution in [1.82, 2.24) is 5.43 Å². The summed E-state index contributed by atoms with van der Waals surface area (Å²) in [5.41, 5.74) is 4.44. The van der Waals surface area contributed by atoms with Crippen molar-refractivity contribution in [3.63, 3.8) is 0 Å². The number of rotatable bonds is 6. The molecule has 0 radical (unpaired) electrons. The van der Waals surface area contributed by atoms with E-state index in [-0.39, 0.29) is 6.04 Å². The van der Waals surface area contributed by atoms with E-state index in [1.54, 1.807) is 21.3 Å². The van der Waals surface area contributed by atoms with Gasteiger partial charge in [0.25, 0.3) is 0 Å². The summed E-state index contributed by atoms with van der Waals surface area (Å²) in [5, 5.41) is 0. The van der Waals surface area contributed by atoms with Crippen LogP contribution in [0.2, 0.25) is 0 Å². The zero-order valence-corrected chi connectivity index (χ0v) is 11.2. The number of hydrogen-bond acceptors (Lipinski definition) is 5. The number of methoxy groups -OCH3 is 3. The lowest BCUT2D eigenvalue weighted by Crippen LogP contribution is -2.29. The predicted molar refractivity (Wildman–Crippen MR) is 71.0 cm³/mol. The van der Waals surface area contributed by atoms with Gasteiger partial charge in [0.15, 0.2) is 11.5 Å². The van der Waals surface area contributed by atoms with E-state index in [9.17, 15) is 0 Å². The minimum absolute atomic E-state index is 0.209. The van der Waals surface area contributed by atoms with Gasteiger partial charge in [0, 0.05) is 5.56 Å². The third-order valence-electron chi connectivity index (χ3n) is 2.71. The number of benzene rings is 1. The number of nitrogens with one attached hydrogen (secondary N) is 1. The monoisotopic (exact) mass is 252 g/mol. The summed E-state index contributed by atoms with van der Waals surface area (Å²) in [6, 6.07) is 3.48. The summed E-state index contributed by atoms with van der Waals surface area (Å²) in [7, 11) is 4.72. The van der Waals surface area contributed by atoms with Crippen LogP contribution >= 0.6 is 0 Å². The van der Waals surface area contributed by atoms with E-state index in [0.29, 0.717) is 17.2 Å². The van der Waals surface area contributed by atoms with Crippen molar-refractivity contribution in [3.8, 4) is 17.2 Å². The summed E-state index contributed by atoms with van der Waals surface area (Å²) in [4.78, 5) is 0. The number of nitrogens with two attached hydrogens (primary N) is 1. The molecule has 1 aromatic rings. The van der Waals surface area contributed by atoms with Crippen LogP contribution in [0.15, 0.2) is 24.3 Å². The molecule has 0 spiro atoms. The number of hydrazine groups is 1. The largest absolute Gasteiger partial charge is 0.493 e. The molecule has 0 saturated carbocycles. The maximum absolute atomic E-state index is 5.55. The molecule has 1 atom stereocenters. The van der Waals surface area contributed by atoms with Gasteiger partial charge in [-0.3, -0.25) is 5.84 Å². The third-order valence-corrected chi connectivity index (χ3v) is 2.71. The van der Waals surface area contributed by atoms with Crippen molar-refractivity contribution < 1.29 is 14.2 Å². The van der Waals surface area contributed by atoms with Crippen LogP contribution in [0.4, 0.5) is 0 Å². The number of hydrogen-bond donors (Lipinski definition) is 2. The summed E-state index contributed by atoms with van der Waals surface area (Å²) < 4.78 is 16.0. The van der Waals surface area contributed by atoms with Crippen LogP contribution in [0.3, 0.4) is 0 Å². The molecule has 0 fully saturated rings. The van der Waals surface area contributed by atoms with Gasteiger partial charge in [-0.05, 0) is 19.1 Å². The van der Waals surface area contributed by atoms with E-state index in [1.807, 2.05) is 19.1 Å². The molecule has 0 amide bonds. The molecule has 0 aliphatic heterocycles. The molecule has 0 saturated heterocycles. The molecule has 5 heteroatoms. The van der Waals surface area contributed by atoms with Gasteiger partial charge in [-0.2, -0.15) is 0 Å². The molecule has 0 aliphatic rings. The molecule has 100 valence electrons. The van der Waals surface area contributed by atoms with Crippen molar-refractivity contribution in [1.29, 1.82) is 0 Å². The molecule has 0 bridgehead atoms. The highest BCUT2D eigenvalue weighted by Gasteiger charge is 2.21. The Morgan fingerprint density at radius 3 is 2.17 bits per heavy atom. The van der Waals surface area contributed by atoms with Crippen molar-refractivity contribution in [2.75, 3.05) is 21.3 Å². The fourth-order valence-corrected chi connectivity index (χ4v) is 1.85. The quantitative estimate of drug-likeness (QED) is 0.459. The van der Waals surface area contributed by atoms with Gasteiger partial charge in [0.1, 0.15) is 0 Å². The maximum Gasteiger partial charge on any atom is 0.203 e. The Balaban J connectivity index is 3.40. The second-order valence-corrected chi connectivity index (χ2v) is 3.87. The van der Waals surface area contributed by atoms with E-state index in [1.165, 1.54) is 0 Å². The molecule has 1 aromatic carbocycles. The van der Waals surface area contributed by atoms with Crippen LogP contribution in [0.5, 0.6) is 17.2 Å². The summed E-state index contributed by atoms with van der Waals surface area (Å²) in [6.45, 7) is 5.80. The van der Waals surface area contributed by atoms with E-state index in [0.717, 1.165) is 11.1 Å². The highest BCUT2D eigenvalue weighted by Crippen LogP contribution is 2.42. The van der Waals surface area contributed by atoms with Crippen LogP contribution in [0.25, 0.3) is 0 Å². The molecular weight excluding hydrogens is 232 g/mol. The normalized spacial score (nSPS) is 11.8. The van der Waals surface area contributed by atoms with Crippen LogP contribution < -0.4 is 25.5 Å². The fraction of sp³-hybridized carbons (Fsp3) is 0.385. The lowest BCUT2D eigenvalue weighted by atomic mass is 10.00. The Bertz CT molecular complexity index is 432. The van der Waals surface area contributed by atoms with Crippen molar-refractivity contribution >= 4 is 0 Å². The smallest absolute Gasteiger partial charge is 0.203 e. The second kappa shape index (κ2) is 6.28. The van der Waals surface area contributed by atoms with Crippen LogP contribution in [0.1, 0.15) is 18.5 Å². The minimum atomic E-state index is -0.209. The Hall–Kier alpha value is -1.72. The van der Waals surface area contributed by atoms with Crippen LogP contribution in [-0.2, 0) is 0 Å². The first-order chi connectivity index (χ1) is 8.60. The van der Waals surface area contributed by atoms with Crippen LogP contribution in [0, 0.1) is 0 Å². The fourth-order valence-electron chi connectivity index (χ4n) is 1.85. The highest BCUT2D eigenvalue weighted by molar-refractivity contribution is 5.57. The Morgan fingerprint density at radius 1 is 1.17 bits per heavy atom. The molecule has 18 heavy (non-hydrogen) atoms. The van der Waals surface area contributed by atoms with Crippen LogP contribution in [-0.4, -0.2) is 21.3 Å². The molecular formula is C13H20N2O3. The first-order valence-corrected chi connectivity index (χ1v) is 5.51. The standard InChI is InChI=1S/C13H20N2O3/c1-8(2)11(15-14)9-6-7-10(16-3)13(18-5)12(9)17-4/h6-7,11,15H,1,14H2,2-5H3. The van der Waals surface area contributed by atoms with Crippen molar-refractivity contribution in [3.05, 3.63) is 29.8 Å². The maximum atomic E-state index is 5.55. The zero-order valence-electron chi connectivity index (χ0n) is 11.2. The zero-order chi connectivity index (χ0) is 13.7. The summed E-state index contributed by atoms with van der Waals surface area (Å²) in [6.07, 6.45) is 0. The third kappa shape index (κ3) is 2.57. The first-order valence-electron chi connectivity index (χ1n) is 5.51. The molecule has 5 nitrogen and oxygen atoms in total. The van der Waals surface area contributed by atoms with Gasteiger partial charge in [-0.15, -0.1) is 0 Å². The molecule has 1 rings (SSSR count). The lowest BCUT2D eigenvalue weighted by molar-refractivity contribution is 0.320. The summed E-state index contributed by atoms with van der Waals surface area (Å²) in [5.74, 6) is 7.29. The van der Waals surface area contributed by atoms with Gasteiger partial charge < -0.3 is 14.2 Å². The van der Waals surface area contributed by atoms with E-state index in [4.69, 9.17) is 20.1 Å². The van der Waals surface area contributed by atoms with Gasteiger partial charge in [0.2, 0.25) is 5.75 Å². The first kappa shape index (κ1) is 14.3. The Labute approximate surface area is 107 Å².